The summed E-state index contributed by atoms with van der Waals surface area (Å²) in [6.45, 7) is 5.97. The Bertz CT molecular complexity index is 1110. The van der Waals surface area contributed by atoms with E-state index in [0.717, 1.165) is 18.4 Å². The lowest BCUT2D eigenvalue weighted by molar-refractivity contribution is 0.0455. The Labute approximate surface area is 162 Å². The highest BCUT2D eigenvalue weighted by atomic mass is 32.2. The molecular weight excluding hydrogens is 384 g/mol. The number of hydrogen-bond donors (Lipinski definition) is 1. The van der Waals surface area contributed by atoms with E-state index in [2.05, 4.69) is 17.1 Å². The SMILES string of the molecule is CCCCn1c(COC(=O)c2c(C)noc2C)nc2cc(S(N)(=O)=O)ccc21. The lowest BCUT2D eigenvalue weighted by Gasteiger charge is -2.09. The molecule has 0 amide bonds. The van der Waals surface area contributed by atoms with Crippen LogP contribution in [0.3, 0.4) is 0 Å². The van der Waals surface area contributed by atoms with Crippen LogP contribution < -0.4 is 5.14 Å². The highest BCUT2D eigenvalue weighted by Crippen LogP contribution is 2.22. The number of esters is 1. The first kappa shape index (κ1) is 20.0. The molecule has 0 bridgehead atoms. The fourth-order valence-corrected chi connectivity index (χ4v) is 3.52. The maximum atomic E-state index is 12.4. The van der Waals surface area contributed by atoms with E-state index >= 15 is 0 Å². The molecule has 0 saturated heterocycles. The molecule has 2 N–H and O–H groups in total. The summed E-state index contributed by atoms with van der Waals surface area (Å²) >= 11 is 0. The van der Waals surface area contributed by atoms with Crippen molar-refractivity contribution in [2.45, 2.75) is 51.7 Å². The summed E-state index contributed by atoms with van der Waals surface area (Å²) in [6.07, 6.45) is 1.86. The van der Waals surface area contributed by atoms with Crippen LogP contribution in [0.25, 0.3) is 11.0 Å². The normalized spacial score (nSPS) is 11.9. The van der Waals surface area contributed by atoms with Gasteiger partial charge in [0.15, 0.2) is 0 Å². The van der Waals surface area contributed by atoms with Crippen LogP contribution in [0.5, 0.6) is 0 Å². The van der Waals surface area contributed by atoms with Crippen molar-refractivity contribution in [1.29, 1.82) is 0 Å². The number of aryl methyl sites for hydroxylation is 3. The standard InChI is InChI=1S/C18H22N4O5S/c1-4-5-8-22-15-7-6-13(28(19,24)25)9-14(15)20-16(22)10-26-18(23)17-11(2)21-27-12(17)3/h6-7,9H,4-5,8,10H2,1-3H3,(H2,19,24,25). The van der Waals surface area contributed by atoms with Gasteiger partial charge in [-0.3, -0.25) is 0 Å². The Kier molecular flexibility index (Phi) is 5.52. The smallest absolute Gasteiger partial charge is 0.344 e. The summed E-state index contributed by atoms with van der Waals surface area (Å²) in [6, 6.07) is 4.53. The van der Waals surface area contributed by atoms with Gasteiger partial charge in [0.05, 0.1) is 21.6 Å². The monoisotopic (exact) mass is 406 g/mol. The minimum atomic E-state index is -3.83. The largest absolute Gasteiger partial charge is 0.454 e. The molecule has 0 aliphatic carbocycles. The van der Waals surface area contributed by atoms with E-state index in [-0.39, 0.29) is 11.5 Å². The third-order valence-electron chi connectivity index (χ3n) is 4.43. The van der Waals surface area contributed by atoms with E-state index in [4.69, 9.17) is 14.4 Å². The van der Waals surface area contributed by atoms with Crippen molar-refractivity contribution in [3.8, 4) is 0 Å². The summed E-state index contributed by atoms with van der Waals surface area (Å²) < 4.78 is 35.6. The van der Waals surface area contributed by atoms with E-state index < -0.39 is 16.0 Å². The second-order valence-corrected chi connectivity index (χ2v) is 8.07. The number of sulfonamides is 1. The Morgan fingerprint density at radius 1 is 1.32 bits per heavy atom. The number of fused-ring (bicyclic) bond motifs is 1. The lowest BCUT2D eigenvalue weighted by atomic mass is 10.2. The van der Waals surface area contributed by atoms with Crippen molar-refractivity contribution in [1.82, 2.24) is 14.7 Å². The Morgan fingerprint density at radius 2 is 2.07 bits per heavy atom. The average molecular weight is 406 g/mol. The fraction of sp³-hybridized carbons (Fsp3) is 0.389. The number of ether oxygens (including phenoxy) is 1. The van der Waals surface area contributed by atoms with E-state index in [0.29, 0.717) is 34.9 Å². The van der Waals surface area contributed by atoms with Crippen molar-refractivity contribution in [3.05, 3.63) is 41.0 Å². The topological polar surface area (TPSA) is 130 Å². The zero-order valence-electron chi connectivity index (χ0n) is 15.9. The highest BCUT2D eigenvalue weighted by Gasteiger charge is 2.21. The van der Waals surface area contributed by atoms with Crippen molar-refractivity contribution >= 4 is 27.0 Å². The number of carbonyl (C=O) groups is 1. The molecule has 3 aromatic rings. The number of imidazole rings is 1. The Hall–Kier alpha value is -2.72. The van der Waals surface area contributed by atoms with E-state index in [1.165, 1.54) is 12.1 Å². The van der Waals surface area contributed by atoms with Crippen LogP contribution in [-0.2, 0) is 27.9 Å². The molecule has 2 aromatic heterocycles. The van der Waals surface area contributed by atoms with Gasteiger partial charge in [-0.15, -0.1) is 0 Å². The van der Waals surface area contributed by atoms with Gasteiger partial charge in [0.2, 0.25) is 10.0 Å². The molecule has 0 spiro atoms. The number of rotatable bonds is 7. The van der Waals surface area contributed by atoms with Gasteiger partial charge in [-0.05, 0) is 38.5 Å². The average Bonchev–Trinajstić information content (AvgIpc) is 3.16. The minimum absolute atomic E-state index is 0.0144. The van der Waals surface area contributed by atoms with Gasteiger partial charge in [-0.25, -0.2) is 23.3 Å². The lowest BCUT2D eigenvalue weighted by Crippen LogP contribution is -2.12. The first-order valence-corrected chi connectivity index (χ1v) is 10.4. The molecule has 0 atom stereocenters. The number of primary sulfonamides is 1. The Morgan fingerprint density at radius 3 is 2.68 bits per heavy atom. The fourth-order valence-electron chi connectivity index (χ4n) is 2.99. The van der Waals surface area contributed by atoms with Crippen LogP contribution in [0.2, 0.25) is 0 Å². The van der Waals surface area contributed by atoms with Gasteiger partial charge in [0.25, 0.3) is 0 Å². The third-order valence-corrected chi connectivity index (χ3v) is 5.34. The number of unbranched alkanes of at least 4 members (excludes halogenated alkanes) is 1. The minimum Gasteiger partial charge on any atom is -0.454 e. The van der Waals surface area contributed by atoms with E-state index in [1.807, 2.05) is 4.57 Å². The maximum absolute atomic E-state index is 12.4. The summed E-state index contributed by atoms with van der Waals surface area (Å²) in [7, 11) is -3.83. The molecule has 0 unspecified atom stereocenters. The van der Waals surface area contributed by atoms with Gasteiger partial charge in [-0.1, -0.05) is 18.5 Å². The van der Waals surface area contributed by atoms with Gasteiger partial charge >= 0.3 is 5.97 Å². The number of nitrogens with zero attached hydrogens (tertiary/aromatic N) is 3. The molecule has 0 aliphatic heterocycles. The van der Waals surface area contributed by atoms with Crippen molar-refractivity contribution < 1.29 is 22.5 Å². The molecule has 0 saturated carbocycles. The zero-order chi connectivity index (χ0) is 20.5. The third kappa shape index (κ3) is 3.92. The van der Waals surface area contributed by atoms with Crippen LogP contribution in [0.4, 0.5) is 0 Å². The first-order chi connectivity index (χ1) is 13.2. The number of carbonyl (C=O) groups excluding carboxylic acids is 1. The molecular formula is C18H22N4O5S. The predicted molar refractivity (Wildman–Crippen MR) is 101 cm³/mol. The number of nitrogens with two attached hydrogens (primary N) is 1. The maximum Gasteiger partial charge on any atom is 0.344 e. The molecule has 28 heavy (non-hydrogen) atoms. The molecule has 0 fully saturated rings. The van der Waals surface area contributed by atoms with Crippen LogP contribution in [0.15, 0.2) is 27.6 Å². The molecule has 1 aromatic carbocycles. The zero-order valence-corrected chi connectivity index (χ0v) is 16.7. The molecule has 2 heterocycles. The second kappa shape index (κ2) is 7.72. The summed E-state index contributed by atoms with van der Waals surface area (Å²) in [5.41, 5.74) is 1.99. The van der Waals surface area contributed by atoms with Crippen LogP contribution in [-0.4, -0.2) is 29.1 Å². The predicted octanol–water partition coefficient (Wildman–Crippen LogP) is 2.45. The second-order valence-electron chi connectivity index (χ2n) is 6.50. The molecule has 10 heteroatoms. The van der Waals surface area contributed by atoms with Crippen molar-refractivity contribution in [2.24, 2.45) is 5.14 Å². The number of benzene rings is 1. The van der Waals surface area contributed by atoms with Gasteiger partial charge in [0, 0.05) is 6.54 Å². The molecule has 150 valence electrons. The van der Waals surface area contributed by atoms with Crippen LogP contribution >= 0.6 is 0 Å². The van der Waals surface area contributed by atoms with Gasteiger partial charge in [0.1, 0.15) is 23.8 Å². The van der Waals surface area contributed by atoms with Crippen LogP contribution in [0.1, 0.15) is 47.4 Å². The van der Waals surface area contributed by atoms with Gasteiger partial charge < -0.3 is 13.8 Å². The number of hydrogen-bond acceptors (Lipinski definition) is 7. The van der Waals surface area contributed by atoms with Gasteiger partial charge in [-0.2, -0.15) is 0 Å². The molecule has 3 rings (SSSR count). The van der Waals surface area contributed by atoms with E-state index in [9.17, 15) is 13.2 Å². The summed E-state index contributed by atoms with van der Waals surface area (Å²) in [5.74, 6) is 0.366. The van der Waals surface area contributed by atoms with E-state index in [1.54, 1.807) is 19.9 Å². The molecule has 0 radical (unpaired) electrons. The summed E-state index contributed by atoms with van der Waals surface area (Å²) in [5, 5.41) is 8.96. The first-order valence-electron chi connectivity index (χ1n) is 8.84. The highest BCUT2D eigenvalue weighted by molar-refractivity contribution is 7.89. The summed E-state index contributed by atoms with van der Waals surface area (Å²) in [4.78, 5) is 16.8. The Balaban J connectivity index is 1.93. The van der Waals surface area contributed by atoms with Crippen molar-refractivity contribution in [2.75, 3.05) is 0 Å². The van der Waals surface area contributed by atoms with Crippen LogP contribution in [0, 0.1) is 13.8 Å². The number of aromatic nitrogens is 3. The quantitative estimate of drug-likeness (QED) is 0.596. The molecule has 0 aliphatic rings. The molecule has 9 nitrogen and oxygen atoms in total. The van der Waals surface area contributed by atoms with Crippen molar-refractivity contribution in [3.63, 3.8) is 0 Å².